The Balaban J connectivity index is 1.81. The van der Waals surface area contributed by atoms with Crippen LogP contribution >= 0.6 is 0 Å². The summed E-state index contributed by atoms with van der Waals surface area (Å²) in [6.07, 6.45) is 5.58. The second kappa shape index (κ2) is 5.20. The fourth-order valence-corrected chi connectivity index (χ4v) is 3.28. The Labute approximate surface area is 113 Å². The highest BCUT2D eigenvalue weighted by Gasteiger charge is 2.34. The predicted molar refractivity (Wildman–Crippen MR) is 72.2 cm³/mol. The first-order chi connectivity index (χ1) is 9.16. The molecule has 1 N–H and O–H groups in total. The molecule has 0 amide bonds. The fourth-order valence-electron chi connectivity index (χ4n) is 3.28. The predicted octanol–water partition coefficient (Wildman–Crippen LogP) is 3.91. The molecule has 0 heterocycles. The van der Waals surface area contributed by atoms with Gasteiger partial charge in [0, 0.05) is 11.6 Å². The lowest BCUT2D eigenvalue weighted by Crippen LogP contribution is -2.27. The van der Waals surface area contributed by atoms with E-state index in [4.69, 9.17) is 0 Å². The van der Waals surface area contributed by atoms with Gasteiger partial charge >= 0.3 is 0 Å². The Bertz CT molecular complexity index is 468. The molecule has 2 aliphatic rings. The van der Waals surface area contributed by atoms with Gasteiger partial charge in [0.25, 0.3) is 0 Å². The minimum Gasteiger partial charge on any atom is -0.314 e. The van der Waals surface area contributed by atoms with E-state index in [1.807, 2.05) is 0 Å². The van der Waals surface area contributed by atoms with Crippen LogP contribution in [0.25, 0.3) is 0 Å². The Morgan fingerprint density at radius 2 is 1.95 bits per heavy atom. The first-order valence-corrected chi connectivity index (χ1v) is 7.34. The van der Waals surface area contributed by atoms with Crippen molar-refractivity contribution in [3.05, 3.63) is 34.9 Å². The summed E-state index contributed by atoms with van der Waals surface area (Å²) >= 11 is 0. The second-order valence-electron chi connectivity index (χ2n) is 6.07. The highest BCUT2D eigenvalue weighted by atomic mass is 19.1. The van der Waals surface area contributed by atoms with E-state index >= 15 is 0 Å². The highest BCUT2D eigenvalue weighted by Crippen LogP contribution is 2.42. The monoisotopic (exact) mass is 265 g/mol. The van der Waals surface area contributed by atoms with Crippen LogP contribution in [0.5, 0.6) is 0 Å². The highest BCUT2D eigenvalue weighted by molar-refractivity contribution is 5.30. The molecule has 2 fully saturated rings. The van der Waals surface area contributed by atoms with E-state index in [2.05, 4.69) is 5.32 Å². The van der Waals surface area contributed by atoms with Crippen molar-refractivity contribution < 1.29 is 8.78 Å². The smallest absolute Gasteiger partial charge is 0.132 e. The molecule has 0 aromatic heterocycles. The van der Waals surface area contributed by atoms with Gasteiger partial charge in [-0.15, -0.1) is 0 Å². The largest absolute Gasteiger partial charge is 0.314 e. The third-order valence-corrected chi connectivity index (χ3v) is 4.60. The lowest BCUT2D eigenvalue weighted by molar-refractivity contribution is 0.415. The van der Waals surface area contributed by atoms with Crippen molar-refractivity contribution in [2.24, 2.45) is 5.92 Å². The van der Waals surface area contributed by atoms with Gasteiger partial charge in [-0.25, -0.2) is 8.78 Å². The standard InChI is InChI=1S/C16H21F2N/c1-10-5-8-14(17)15(16(10)18)13-4-2-3-11(13)9-19-12-6-7-12/h5,8,11-13,19H,2-4,6-7,9H2,1H3. The summed E-state index contributed by atoms with van der Waals surface area (Å²) in [4.78, 5) is 0. The van der Waals surface area contributed by atoms with Crippen molar-refractivity contribution in [1.82, 2.24) is 5.32 Å². The molecule has 19 heavy (non-hydrogen) atoms. The van der Waals surface area contributed by atoms with Crippen molar-refractivity contribution in [3.63, 3.8) is 0 Å². The van der Waals surface area contributed by atoms with E-state index in [0.29, 0.717) is 23.1 Å². The topological polar surface area (TPSA) is 12.0 Å². The van der Waals surface area contributed by atoms with Gasteiger partial charge in [0.15, 0.2) is 0 Å². The molecule has 2 aliphatic carbocycles. The van der Waals surface area contributed by atoms with Crippen LogP contribution in [0.4, 0.5) is 8.78 Å². The molecule has 2 unspecified atom stereocenters. The van der Waals surface area contributed by atoms with Gasteiger partial charge in [-0.1, -0.05) is 12.5 Å². The van der Waals surface area contributed by atoms with Gasteiger partial charge in [0.1, 0.15) is 11.6 Å². The normalized spacial score (nSPS) is 26.9. The third-order valence-electron chi connectivity index (χ3n) is 4.60. The first kappa shape index (κ1) is 13.0. The minimum absolute atomic E-state index is 0.0474. The summed E-state index contributed by atoms with van der Waals surface area (Å²) in [5.41, 5.74) is 0.886. The summed E-state index contributed by atoms with van der Waals surface area (Å²) in [5.74, 6) is -0.271. The molecule has 2 saturated carbocycles. The van der Waals surface area contributed by atoms with Gasteiger partial charge in [-0.2, -0.15) is 0 Å². The summed E-state index contributed by atoms with van der Waals surface area (Å²) < 4.78 is 28.2. The molecule has 0 spiro atoms. The molecule has 3 heteroatoms. The van der Waals surface area contributed by atoms with Crippen LogP contribution in [0.15, 0.2) is 12.1 Å². The average molecular weight is 265 g/mol. The molecule has 1 aromatic rings. The van der Waals surface area contributed by atoms with Crippen LogP contribution < -0.4 is 5.32 Å². The molecule has 0 bridgehead atoms. The van der Waals surface area contributed by atoms with Crippen molar-refractivity contribution in [2.75, 3.05) is 6.54 Å². The maximum atomic E-state index is 14.2. The number of hydrogen-bond acceptors (Lipinski definition) is 1. The summed E-state index contributed by atoms with van der Waals surface area (Å²) in [7, 11) is 0. The van der Waals surface area contributed by atoms with Gasteiger partial charge < -0.3 is 5.32 Å². The zero-order valence-corrected chi connectivity index (χ0v) is 11.4. The Kier molecular flexibility index (Phi) is 3.57. The van der Waals surface area contributed by atoms with Gasteiger partial charge in [0.2, 0.25) is 0 Å². The number of rotatable bonds is 4. The maximum absolute atomic E-state index is 14.2. The van der Waals surface area contributed by atoms with Crippen LogP contribution in [0.1, 0.15) is 49.1 Å². The Morgan fingerprint density at radius 1 is 1.16 bits per heavy atom. The second-order valence-corrected chi connectivity index (χ2v) is 6.07. The first-order valence-electron chi connectivity index (χ1n) is 7.34. The van der Waals surface area contributed by atoms with Gasteiger partial charge in [0.05, 0.1) is 0 Å². The molecule has 104 valence electrons. The third kappa shape index (κ3) is 2.66. The van der Waals surface area contributed by atoms with Crippen molar-refractivity contribution in [1.29, 1.82) is 0 Å². The van der Waals surface area contributed by atoms with Crippen LogP contribution in [-0.2, 0) is 0 Å². The van der Waals surface area contributed by atoms with Crippen molar-refractivity contribution in [2.45, 2.75) is 51.0 Å². The van der Waals surface area contributed by atoms with Crippen molar-refractivity contribution >= 4 is 0 Å². The quantitative estimate of drug-likeness (QED) is 0.870. The molecular weight excluding hydrogens is 244 g/mol. The van der Waals surface area contributed by atoms with E-state index < -0.39 is 0 Å². The Hall–Kier alpha value is -0.960. The van der Waals surface area contributed by atoms with Crippen LogP contribution in [0, 0.1) is 24.5 Å². The molecule has 0 saturated heterocycles. The van der Waals surface area contributed by atoms with Crippen LogP contribution in [0.2, 0.25) is 0 Å². The molecule has 1 nitrogen and oxygen atoms in total. The van der Waals surface area contributed by atoms with Crippen molar-refractivity contribution in [3.8, 4) is 0 Å². The number of benzene rings is 1. The number of aryl methyl sites for hydroxylation is 1. The van der Waals surface area contributed by atoms with Gasteiger partial charge in [-0.05, 0) is 62.6 Å². The van der Waals surface area contributed by atoms with E-state index in [-0.39, 0.29) is 17.6 Å². The van der Waals surface area contributed by atoms with Crippen LogP contribution in [0.3, 0.4) is 0 Å². The summed E-state index contributed by atoms with van der Waals surface area (Å²) in [6.45, 7) is 2.62. The molecule has 0 aliphatic heterocycles. The number of hydrogen-bond donors (Lipinski definition) is 1. The van der Waals surface area contributed by atoms with Gasteiger partial charge in [-0.3, -0.25) is 0 Å². The summed E-state index contributed by atoms with van der Waals surface area (Å²) in [6, 6.07) is 3.60. The lowest BCUT2D eigenvalue weighted by Gasteiger charge is -2.22. The molecule has 3 rings (SSSR count). The lowest BCUT2D eigenvalue weighted by atomic mass is 9.87. The van der Waals surface area contributed by atoms with E-state index in [1.165, 1.54) is 25.0 Å². The molecule has 2 atom stereocenters. The minimum atomic E-state index is -0.369. The molecule has 0 radical (unpaired) electrons. The Morgan fingerprint density at radius 3 is 2.68 bits per heavy atom. The number of nitrogens with one attached hydrogen (secondary N) is 1. The fraction of sp³-hybridized carbons (Fsp3) is 0.625. The van der Waals surface area contributed by atoms with E-state index in [0.717, 1.165) is 25.8 Å². The van der Waals surface area contributed by atoms with Crippen LogP contribution in [-0.4, -0.2) is 12.6 Å². The zero-order valence-electron chi connectivity index (χ0n) is 11.4. The van der Waals surface area contributed by atoms with E-state index in [9.17, 15) is 8.78 Å². The zero-order chi connectivity index (χ0) is 13.4. The molecule has 1 aromatic carbocycles. The van der Waals surface area contributed by atoms with E-state index in [1.54, 1.807) is 6.92 Å². The molecular formula is C16H21F2N. The maximum Gasteiger partial charge on any atom is 0.132 e. The SMILES string of the molecule is Cc1ccc(F)c(C2CCCC2CNC2CC2)c1F. The summed E-state index contributed by atoms with van der Waals surface area (Å²) in [5, 5.41) is 3.51. The number of halogens is 2. The average Bonchev–Trinajstić information content (AvgIpc) is 3.12.